The second kappa shape index (κ2) is 5.90. The lowest BCUT2D eigenvalue weighted by molar-refractivity contribution is 0.0945. The fraction of sp³-hybridized carbons (Fsp3) is 0.0667. The molecule has 0 aliphatic heterocycles. The summed E-state index contributed by atoms with van der Waals surface area (Å²) < 4.78 is 1.85. The van der Waals surface area contributed by atoms with E-state index in [4.69, 9.17) is 0 Å². The highest BCUT2D eigenvalue weighted by atomic mass is 32.1. The summed E-state index contributed by atoms with van der Waals surface area (Å²) in [6.45, 7) is 0.301. The topological polar surface area (TPSA) is 72.2 Å². The van der Waals surface area contributed by atoms with Gasteiger partial charge < -0.3 is 5.32 Å². The lowest BCUT2D eigenvalue weighted by Gasteiger charge is -2.01. The van der Waals surface area contributed by atoms with Gasteiger partial charge in [-0.15, -0.1) is 32.9 Å². The Hall–Kier alpha value is -2.58. The Morgan fingerprint density at radius 1 is 1.17 bits per heavy atom. The van der Waals surface area contributed by atoms with E-state index in [1.807, 2.05) is 46.3 Å². The number of fused-ring (bicyclic) bond motifs is 1. The van der Waals surface area contributed by atoms with E-state index in [2.05, 4.69) is 20.5 Å². The summed E-state index contributed by atoms with van der Waals surface area (Å²) in [6.07, 6.45) is 1.87. The molecule has 0 aliphatic carbocycles. The number of carbonyl (C=O) groups is 1. The lowest BCUT2D eigenvalue weighted by Crippen LogP contribution is -2.24. The van der Waals surface area contributed by atoms with Crippen LogP contribution in [0.3, 0.4) is 0 Å². The maximum absolute atomic E-state index is 12.2. The van der Waals surface area contributed by atoms with E-state index in [0.29, 0.717) is 18.1 Å². The normalized spacial score (nSPS) is 11.0. The molecule has 0 saturated carbocycles. The number of amides is 1. The Balaban J connectivity index is 1.48. The molecule has 6 nitrogen and oxygen atoms in total. The molecule has 1 N–H and O–H groups in total. The zero-order chi connectivity index (χ0) is 15.6. The minimum atomic E-state index is -0.211. The molecule has 8 heteroatoms. The predicted molar refractivity (Wildman–Crippen MR) is 89.6 cm³/mol. The van der Waals surface area contributed by atoms with E-state index >= 15 is 0 Å². The third-order valence-corrected chi connectivity index (χ3v) is 5.14. The molecule has 4 aromatic rings. The van der Waals surface area contributed by atoms with Crippen LogP contribution in [0.15, 0.2) is 47.3 Å². The van der Waals surface area contributed by atoms with E-state index in [0.717, 1.165) is 15.5 Å². The van der Waals surface area contributed by atoms with Gasteiger partial charge in [0.2, 0.25) is 0 Å². The summed E-state index contributed by atoms with van der Waals surface area (Å²) in [7, 11) is 0. The largest absolute Gasteiger partial charge is 0.343 e. The summed E-state index contributed by atoms with van der Waals surface area (Å²) in [5.41, 5.74) is 1.18. The van der Waals surface area contributed by atoms with Crippen LogP contribution in [0.4, 0.5) is 0 Å². The molecule has 1 amide bonds. The van der Waals surface area contributed by atoms with Gasteiger partial charge in [-0.3, -0.25) is 9.20 Å². The average Bonchev–Trinajstić information content (AvgIpc) is 3.31. The van der Waals surface area contributed by atoms with E-state index in [1.54, 1.807) is 16.7 Å². The fourth-order valence-electron chi connectivity index (χ4n) is 2.15. The number of pyridine rings is 1. The van der Waals surface area contributed by atoms with Gasteiger partial charge in [-0.05, 0) is 23.6 Å². The molecule has 0 bridgehead atoms. The number of hydrogen-bond acceptors (Lipinski definition) is 6. The molecule has 0 radical (unpaired) electrons. The van der Waals surface area contributed by atoms with Crippen LogP contribution in [0.25, 0.3) is 15.5 Å². The average molecular weight is 341 g/mol. The Morgan fingerprint density at radius 2 is 2.13 bits per heavy atom. The van der Waals surface area contributed by atoms with Crippen molar-refractivity contribution < 1.29 is 4.79 Å². The van der Waals surface area contributed by atoms with Crippen molar-refractivity contribution in [1.82, 2.24) is 24.9 Å². The zero-order valence-corrected chi connectivity index (χ0v) is 13.5. The van der Waals surface area contributed by atoms with Gasteiger partial charge in [0, 0.05) is 11.6 Å². The number of hydrogen-bond donors (Lipinski definition) is 1. The molecule has 0 saturated heterocycles. The number of nitrogens with zero attached hydrogens (tertiary/aromatic N) is 4. The Labute approximate surface area is 139 Å². The maximum atomic E-state index is 12.2. The number of thiophene rings is 1. The van der Waals surface area contributed by atoms with E-state index in [1.165, 1.54) is 11.3 Å². The second-order valence-corrected chi connectivity index (χ2v) is 6.55. The summed E-state index contributed by atoms with van der Waals surface area (Å²) in [5, 5.41) is 15.6. The van der Waals surface area contributed by atoms with Crippen LogP contribution in [-0.2, 0) is 6.54 Å². The number of nitrogens with one attached hydrogen (secondary N) is 1. The van der Waals surface area contributed by atoms with Gasteiger partial charge in [-0.1, -0.05) is 12.1 Å². The van der Waals surface area contributed by atoms with Crippen molar-refractivity contribution in [2.24, 2.45) is 0 Å². The summed E-state index contributed by atoms with van der Waals surface area (Å²) in [4.78, 5) is 17.7. The first kappa shape index (κ1) is 14.0. The highest BCUT2D eigenvalue weighted by Crippen LogP contribution is 2.27. The first-order valence-electron chi connectivity index (χ1n) is 6.87. The van der Waals surface area contributed by atoms with Crippen LogP contribution in [0, 0.1) is 0 Å². The zero-order valence-electron chi connectivity index (χ0n) is 11.8. The van der Waals surface area contributed by atoms with Crippen molar-refractivity contribution in [2.45, 2.75) is 6.54 Å². The van der Waals surface area contributed by atoms with Crippen molar-refractivity contribution >= 4 is 34.2 Å². The molecule has 0 fully saturated rings. The van der Waals surface area contributed by atoms with Crippen LogP contribution in [0.5, 0.6) is 0 Å². The van der Waals surface area contributed by atoms with Crippen molar-refractivity contribution in [1.29, 1.82) is 0 Å². The molecule has 0 aromatic carbocycles. The quantitative estimate of drug-likeness (QED) is 0.619. The van der Waals surface area contributed by atoms with Gasteiger partial charge in [0.05, 0.1) is 11.4 Å². The summed E-state index contributed by atoms with van der Waals surface area (Å²) >= 11 is 3.08. The highest BCUT2D eigenvalue weighted by Gasteiger charge is 2.13. The monoisotopic (exact) mass is 341 g/mol. The second-order valence-electron chi connectivity index (χ2n) is 4.74. The van der Waals surface area contributed by atoms with E-state index in [9.17, 15) is 4.79 Å². The van der Waals surface area contributed by atoms with Crippen LogP contribution in [0.1, 0.15) is 16.3 Å². The lowest BCUT2D eigenvalue weighted by atomic mass is 10.4. The molecule has 0 spiro atoms. The highest BCUT2D eigenvalue weighted by molar-refractivity contribution is 7.20. The van der Waals surface area contributed by atoms with Crippen LogP contribution >= 0.6 is 22.7 Å². The van der Waals surface area contributed by atoms with Gasteiger partial charge in [0.15, 0.2) is 11.5 Å². The molecule has 0 atom stereocenters. The fourth-order valence-corrected chi connectivity index (χ4v) is 3.77. The molecule has 23 heavy (non-hydrogen) atoms. The van der Waals surface area contributed by atoms with Gasteiger partial charge in [-0.25, -0.2) is 4.98 Å². The first-order chi connectivity index (χ1) is 11.3. The number of rotatable bonds is 4. The third kappa shape index (κ3) is 2.73. The Morgan fingerprint density at radius 3 is 3.00 bits per heavy atom. The predicted octanol–water partition coefficient (Wildman–Crippen LogP) is 2.84. The standard InChI is InChI=1S/C15H11N5OS2/c21-14(10-9-23-15(17-10)11-4-3-7-22-11)16-8-13-19-18-12-5-1-2-6-20(12)13/h1-7,9H,8H2,(H,16,21). The molecular formula is C15H11N5OS2. The van der Waals surface area contributed by atoms with Gasteiger partial charge in [0.25, 0.3) is 5.91 Å². The minimum Gasteiger partial charge on any atom is -0.343 e. The van der Waals surface area contributed by atoms with E-state index in [-0.39, 0.29) is 5.91 Å². The van der Waals surface area contributed by atoms with Crippen LogP contribution in [0.2, 0.25) is 0 Å². The molecule has 4 aromatic heterocycles. The van der Waals surface area contributed by atoms with Gasteiger partial charge >= 0.3 is 0 Å². The SMILES string of the molecule is O=C(NCc1nnc2ccccn12)c1csc(-c2cccs2)n1. The molecular weight excluding hydrogens is 330 g/mol. The number of aromatic nitrogens is 4. The molecule has 0 aliphatic rings. The summed E-state index contributed by atoms with van der Waals surface area (Å²) in [6, 6.07) is 9.63. The number of thiazole rings is 1. The smallest absolute Gasteiger partial charge is 0.271 e. The third-order valence-electron chi connectivity index (χ3n) is 3.26. The van der Waals surface area contributed by atoms with Crippen LogP contribution in [-0.4, -0.2) is 25.5 Å². The van der Waals surface area contributed by atoms with Crippen molar-refractivity contribution in [2.75, 3.05) is 0 Å². The van der Waals surface area contributed by atoms with E-state index < -0.39 is 0 Å². The molecule has 114 valence electrons. The first-order valence-corrected chi connectivity index (χ1v) is 8.63. The van der Waals surface area contributed by atoms with Crippen LogP contribution < -0.4 is 5.32 Å². The van der Waals surface area contributed by atoms with Crippen molar-refractivity contribution in [3.63, 3.8) is 0 Å². The van der Waals surface area contributed by atoms with Crippen molar-refractivity contribution in [3.05, 3.63) is 58.8 Å². The molecule has 4 heterocycles. The minimum absolute atomic E-state index is 0.211. The molecule has 0 unspecified atom stereocenters. The Kier molecular flexibility index (Phi) is 3.60. The summed E-state index contributed by atoms with van der Waals surface area (Å²) in [5.74, 6) is 0.472. The maximum Gasteiger partial charge on any atom is 0.271 e. The number of carbonyl (C=O) groups excluding carboxylic acids is 1. The van der Waals surface area contributed by atoms with Gasteiger partial charge in [-0.2, -0.15) is 0 Å². The van der Waals surface area contributed by atoms with Crippen molar-refractivity contribution in [3.8, 4) is 9.88 Å². The Bertz CT molecular complexity index is 957. The molecule has 4 rings (SSSR count). The van der Waals surface area contributed by atoms with Gasteiger partial charge in [0.1, 0.15) is 10.7 Å².